The highest BCUT2D eigenvalue weighted by Gasteiger charge is 2.16. The van der Waals surface area contributed by atoms with Crippen molar-refractivity contribution >= 4 is 27.8 Å². The van der Waals surface area contributed by atoms with Gasteiger partial charge in [-0.1, -0.05) is 60.7 Å². The molecule has 0 aliphatic heterocycles. The molecule has 0 saturated carbocycles. The molecule has 1 atom stereocenters. The van der Waals surface area contributed by atoms with E-state index in [2.05, 4.69) is 28.0 Å². The van der Waals surface area contributed by atoms with Gasteiger partial charge in [-0.2, -0.15) is 0 Å². The molecule has 1 N–H and O–H groups in total. The Balaban J connectivity index is 1.91. The Kier molecular flexibility index (Phi) is 4.02. The fourth-order valence-corrected chi connectivity index (χ4v) is 3.65. The second-order valence-electron chi connectivity index (χ2n) is 5.72. The summed E-state index contributed by atoms with van der Waals surface area (Å²) in [7, 11) is 0. The number of thiazole rings is 1. The van der Waals surface area contributed by atoms with Crippen LogP contribution in [0.3, 0.4) is 0 Å². The van der Waals surface area contributed by atoms with Gasteiger partial charge in [0.15, 0.2) is 5.69 Å². The molecule has 25 heavy (non-hydrogen) atoms. The van der Waals surface area contributed by atoms with Crippen molar-refractivity contribution in [1.82, 2.24) is 4.98 Å². The van der Waals surface area contributed by atoms with E-state index in [9.17, 15) is 5.11 Å². The van der Waals surface area contributed by atoms with Gasteiger partial charge >= 0.3 is 0 Å². The fraction of sp³-hybridized carbons (Fsp3) is 0.0476. The Hall–Kier alpha value is -3.00. The molecule has 4 aromatic rings. The molecule has 3 nitrogen and oxygen atoms in total. The van der Waals surface area contributed by atoms with Gasteiger partial charge in [-0.05, 0) is 27.5 Å². The topological polar surface area (TPSA) is 37.5 Å². The summed E-state index contributed by atoms with van der Waals surface area (Å²) in [6.45, 7) is 7.51. The van der Waals surface area contributed by atoms with Crippen LogP contribution in [0.4, 0.5) is 5.69 Å². The van der Waals surface area contributed by atoms with Gasteiger partial charge in [0.2, 0.25) is 0 Å². The molecule has 4 heteroatoms. The van der Waals surface area contributed by atoms with Crippen LogP contribution in [-0.2, 0) is 0 Å². The van der Waals surface area contributed by atoms with Gasteiger partial charge in [0, 0.05) is 6.20 Å². The number of hydrogen-bond acceptors (Lipinski definition) is 3. The van der Waals surface area contributed by atoms with E-state index in [1.165, 1.54) is 11.3 Å². The Bertz CT molecular complexity index is 1080. The van der Waals surface area contributed by atoms with Crippen molar-refractivity contribution in [2.45, 2.75) is 6.10 Å². The maximum atomic E-state index is 10.6. The molecular formula is C21H14N2OS. The Labute approximate surface area is 149 Å². The average molecular weight is 342 g/mol. The highest BCUT2D eigenvalue weighted by Crippen LogP contribution is 2.38. The first-order valence-electron chi connectivity index (χ1n) is 7.84. The van der Waals surface area contributed by atoms with Crippen molar-refractivity contribution in [1.29, 1.82) is 0 Å². The quantitative estimate of drug-likeness (QED) is 0.492. The number of rotatable bonds is 3. The summed E-state index contributed by atoms with van der Waals surface area (Å²) in [6.07, 6.45) is 0.941. The van der Waals surface area contributed by atoms with Crippen LogP contribution in [0.1, 0.15) is 16.5 Å². The van der Waals surface area contributed by atoms with Crippen LogP contribution in [0.5, 0.6) is 0 Å². The highest BCUT2D eigenvalue weighted by molar-refractivity contribution is 7.09. The third-order valence-electron chi connectivity index (χ3n) is 4.26. The molecule has 0 aliphatic rings. The predicted molar refractivity (Wildman–Crippen MR) is 102 cm³/mol. The zero-order valence-corrected chi connectivity index (χ0v) is 14.1. The summed E-state index contributed by atoms with van der Waals surface area (Å²) < 4.78 is 0. The largest absolute Gasteiger partial charge is 0.383 e. The number of aliphatic hydroxyl groups excluding tert-OH is 1. The molecular weight excluding hydrogens is 328 g/mol. The summed E-state index contributed by atoms with van der Waals surface area (Å²) in [4.78, 5) is 8.50. The molecule has 4 rings (SSSR count). The van der Waals surface area contributed by atoms with Crippen molar-refractivity contribution < 1.29 is 5.11 Å². The molecule has 0 saturated heterocycles. The molecule has 120 valence electrons. The van der Waals surface area contributed by atoms with Gasteiger partial charge in [0.05, 0.1) is 17.0 Å². The van der Waals surface area contributed by atoms with Crippen LogP contribution < -0.4 is 0 Å². The zero-order valence-electron chi connectivity index (χ0n) is 13.3. The first-order valence-corrected chi connectivity index (χ1v) is 8.72. The first kappa shape index (κ1) is 15.5. The summed E-state index contributed by atoms with van der Waals surface area (Å²) in [5.74, 6) is 0. The number of benzene rings is 3. The molecule has 1 heterocycles. The van der Waals surface area contributed by atoms with Crippen LogP contribution in [0.15, 0.2) is 72.4 Å². The van der Waals surface area contributed by atoms with Crippen molar-refractivity contribution in [3.05, 3.63) is 94.2 Å². The average Bonchev–Trinajstić information content (AvgIpc) is 3.21. The fourth-order valence-electron chi connectivity index (χ4n) is 3.02. The van der Waals surface area contributed by atoms with Gasteiger partial charge in [-0.25, -0.2) is 4.85 Å². The smallest absolute Gasteiger partial charge is 0.194 e. The maximum absolute atomic E-state index is 10.6. The molecule has 3 aromatic carbocycles. The Morgan fingerprint density at radius 3 is 2.64 bits per heavy atom. The van der Waals surface area contributed by atoms with Crippen LogP contribution in [0.25, 0.3) is 26.7 Å². The molecule has 1 aromatic heterocycles. The number of fused-ring (bicyclic) bond motifs is 1. The predicted octanol–water partition coefficient (Wildman–Crippen LogP) is 5.60. The normalized spacial score (nSPS) is 12.0. The van der Waals surface area contributed by atoms with E-state index in [1.807, 2.05) is 36.4 Å². The molecule has 0 fully saturated rings. The van der Waals surface area contributed by atoms with Crippen molar-refractivity contribution in [2.75, 3.05) is 0 Å². The van der Waals surface area contributed by atoms with E-state index >= 15 is 0 Å². The van der Waals surface area contributed by atoms with Gasteiger partial charge in [-0.3, -0.25) is 4.98 Å². The number of nitrogens with zero attached hydrogens (tertiary/aromatic N) is 2. The Morgan fingerprint density at radius 2 is 1.84 bits per heavy atom. The lowest BCUT2D eigenvalue weighted by molar-refractivity contribution is 0.224. The van der Waals surface area contributed by atoms with Crippen molar-refractivity contribution in [3.63, 3.8) is 0 Å². The summed E-state index contributed by atoms with van der Waals surface area (Å²) in [5.41, 5.74) is 4.89. The van der Waals surface area contributed by atoms with Crippen molar-refractivity contribution in [3.8, 4) is 11.1 Å². The molecule has 0 bridgehead atoms. The summed E-state index contributed by atoms with van der Waals surface area (Å²) >= 11 is 1.42. The zero-order chi connectivity index (χ0) is 17.2. The van der Waals surface area contributed by atoms with Crippen LogP contribution in [0.2, 0.25) is 0 Å². The van der Waals surface area contributed by atoms with Crippen LogP contribution >= 0.6 is 11.3 Å². The van der Waals surface area contributed by atoms with Crippen LogP contribution in [-0.4, -0.2) is 10.1 Å². The monoisotopic (exact) mass is 342 g/mol. The minimum atomic E-state index is -0.735. The number of aliphatic hydroxyl groups is 1. The third-order valence-corrected chi connectivity index (χ3v) is 5.09. The van der Waals surface area contributed by atoms with Gasteiger partial charge in [0.25, 0.3) is 0 Å². The molecule has 1 unspecified atom stereocenters. The lowest BCUT2D eigenvalue weighted by atomic mass is 9.94. The lowest BCUT2D eigenvalue weighted by Crippen LogP contribution is -1.97. The minimum absolute atomic E-state index is 0.580. The van der Waals surface area contributed by atoms with Crippen molar-refractivity contribution in [2.24, 2.45) is 0 Å². The lowest BCUT2D eigenvalue weighted by Gasteiger charge is -2.14. The van der Waals surface area contributed by atoms with E-state index < -0.39 is 6.10 Å². The summed E-state index contributed by atoms with van der Waals surface area (Å²) in [5, 5.41) is 12.8. The molecule has 0 radical (unpaired) electrons. The second-order valence-corrected chi connectivity index (χ2v) is 6.64. The van der Waals surface area contributed by atoms with E-state index in [0.717, 1.165) is 32.3 Å². The molecule has 0 spiro atoms. The molecule has 0 aliphatic carbocycles. The van der Waals surface area contributed by atoms with E-state index in [4.69, 9.17) is 6.57 Å². The van der Waals surface area contributed by atoms with Gasteiger partial charge in [-0.15, -0.1) is 11.3 Å². The van der Waals surface area contributed by atoms with Crippen LogP contribution in [0, 0.1) is 6.57 Å². The number of hydrogen-bond donors (Lipinski definition) is 1. The van der Waals surface area contributed by atoms with Gasteiger partial charge < -0.3 is 5.11 Å². The molecule has 0 amide bonds. The standard InChI is InChI=1S/C21H14N2OS/c1-22-19-10-9-15(21(24)20-12-23-13-25-20)11-18(19)17-8-4-6-14-5-2-3-7-16(14)17/h2-13,21,24H. The highest BCUT2D eigenvalue weighted by atomic mass is 32.1. The SMILES string of the molecule is [C-]#[N+]c1ccc(C(O)c2cncs2)cc1-c1cccc2ccccc12. The Morgan fingerprint density at radius 1 is 1.00 bits per heavy atom. The van der Waals surface area contributed by atoms with Gasteiger partial charge in [0.1, 0.15) is 6.10 Å². The number of aromatic nitrogens is 1. The first-order chi connectivity index (χ1) is 12.3. The third kappa shape index (κ3) is 2.80. The van der Waals surface area contributed by atoms with E-state index in [0.29, 0.717) is 5.69 Å². The van der Waals surface area contributed by atoms with E-state index in [-0.39, 0.29) is 0 Å². The van der Waals surface area contributed by atoms with E-state index in [1.54, 1.807) is 17.8 Å². The minimum Gasteiger partial charge on any atom is -0.383 e. The maximum Gasteiger partial charge on any atom is 0.194 e. The second kappa shape index (κ2) is 6.48. The summed E-state index contributed by atoms with van der Waals surface area (Å²) in [6, 6.07) is 19.7.